The summed E-state index contributed by atoms with van der Waals surface area (Å²) in [6, 6.07) is 0. The molecule has 8 nitrogen and oxygen atoms in total. The van der Waals surface area contributed by atoms with Crippen molar-refractivity contribution in [3.8, 4) is 0 Å². The number of aromatic amines is 1. The Kier molecular flexibility index (Phi) is 2.83. The van der Waals surface area contributed by atoms with Gasteiger partial charge in [-0.25, -0.2) is 0 Å². The third kappa shape index (κ3) is 1.81. The van der Waals surface area contributed by atoms with E-state index < -0.39 is 0 Å². The third-order valence-corrected chi connectivity index (χ3v) is 4.97. The Morgan fingerprint density at radius 2 is 2.56 bits per heavy atom. The van der Waals surface area contributed by atoms with Gasteiger partial charge in [-0.15, -0.1) is 0 Å². The van der Waals surface area contributed by atoms with E-state index in [0.29, 0.717) is 5.65 Å². The van der Waals surface area contributed by atoms with Gasteiger partial charge in [-0.3, -0.25) is 0 Å². The number of hydrogen-bond donors (Lipinski definition) is 3. The summed E-state index contributed by atoms with van der Waals surface area (Å²) in [5.41, 5.74) is 5.81. The molecule has 18 heavy (non-hydrogen) atoms. The topological polar surface area (TPSA) is 119 Å². The predicted octanol–water partition coefficient (Wildman–Crippen LogP) is -1.33. The van der Waals surface area contributed by atoms with E-state index >= 15 is 0 Å². The van der Waals surface area contributed by atoms with Gasteiger partial charge in [-0.05, 0) is 0 Å². The van der Waals surface area contributed by atoms with Gasteiger partial charge in [0.1, 0.15) is 0 Å². The summed E-state index contributed by atoms with van der Waals surface area (Å²) in [7, 11) is 0. The monoisotopic (exact) mass is 317 g/mol. The number of nitrogens with two attached hydrogens (primary N) is 1. The van der Waals surface area contributed by atoms with Gasteiger partial charge < -0.3 is 0 Å². The van der Waals surface area contributed by atoms with E-state index in [1.165, 1.54) is 6.33 Å². The van der Waals surface area contributed by atoms with Crippen molar-refractivity contribution in [2.75, 3.05) is 12.3 Å². The zero-order valence-corrected chi connectivity index (χ0v) is 11.0. The van der Waals surface area contributed by atoms with Gasteiger partial charge in [0.25, 0.3) is 0 Å². The molecule has 0 unspecified atom stereocenters. The van der Waals surface area contributed by atoms with Gasteiger partial charge in [-0.1, -0.05) is 0 Å². The molecule has 2 atom stereocenters. The van der Waals surface area contributed by atoms with Gasteiger partial charge in [0.15, 0.2) is 0 Å². The minimum absolute atomic E-state index is 0.0132. The number of anilines is 1. The normalized spacial score (nSPS) is 23.8. The number of aromatic nitrogens is 4. The number of nitrogen functional groups attached to an aromatic ring is 1. The predicted molar refractivity (Wildman–Crippen MR) is 64.1 cm³/mol. The van der Waals surface area contributed by atoms with Crippen molar-refractivity contribution in [1.29, 1.82) is 0 Å². The van der Waals surface area contributed by atoms with Crippen LogP contribution in [0.15, 0.2) is 11.1 Å². The van der Waals surface area contributed by atoms with Gasteiger partial charge in [0.2, 0.25) is 0 Å². The number of imidazole rings is 1. The molecule has 0 saturated carbocycles. The summed E-state index contributed by atoms with van der Waals surface area (Å²) >= 11 is 0.211. The number of aliphatic hydroxyl groups excluding tert-OH is 1. The van der Waals surface area contributed by atoms with E-state index in [9.17, 15) is 4.79 Å². The molecule has 0 spiro atoms. The molecule has 0 bridgehead atoms. The van der Waals surface area contributed by atoms with Gasteiger partial charge in [0, 0.05) is 0 Å². The van der Waals surface area contributed by atoms with Crippen molar-refractivity contribution in [1.82, 2.24) is 19.5 Å². The molecule has 2 aromatic heterocycles. The van der Waals surface area contributed by atoms with Crippen molar-refractivity contribution in [2.45, 2.75) is 16.5 Å². The van der Waals surface area contributed by atoms with Crippen LogP contribution in [-0.4, -0.2) is 51.2 Å². The number of rotatable bonds is 2. The van der Waals surface area contributed by atoms with E-state index in [4.69, 9.17) is 15.6 Å². The number of H-pyrrole nitrogens is 1. The van der Waals surface area contributed by atoms with Crippen LogP contribution in [0.1, 0.15) is 6.23 Å². The average Bonchev–Trinajstić information content (AvgIpc) is 2.93. The molecule has 0 amide bonds. The molecule has 9 heteroatoms. The molecule has 3 heterocycles. The van der Waals surface area contributed by atoms with Crippen LogP contribution in [0.3, 0.4) is 0 Å². The van der Waals surface area contributed by atoms with Crippen LogP contribution in [0.4, 0.5) is 5.95 Å². The molecule has 4 N–H and O–H groups in total. The summed E-state index contributed by atoms with van der Waals surface area (Å²) < 4.78 is 7.34. The molecule has 1 aliphatic rings. The molecule has 2 aromatic rings. The minimum atomic E-state index is -0.363. The number of ether oxygens (including phenoxy) is 1. The van der Waals surface area contributed by atoms with E-state index in [1.807, 2.05) is 0 Å². The van der Waals surface area contributed by atoms with Crippen molar-refractivity contribution in [3.63, 3.8) is 0 Å². The molecular weight excluding hydrogens is 305 g/mol. The SMILES string of the molecule is Nc1nc2c(ncn2[C@@H]2C[Se][C@@H](CO)O2)c(=O)[nH]1. The number of nitrogens with one attached hydrogen (secondary N) is 1. The maximum atomic E-state index is 11.6. The molecule has 1 saturated heterocycles. The molecule has 0 aromatic carbocycles. The van der Waals surface area contributed by atoms with E-state index in [1.54, 1.807) is 4.57 Å². The first-order valence-corrected chi connectivity index (χ1v) is 7.49. The maximum absolute atomic E-state index is 11.6. The van der Waals surface area contributed by atoms with Crippen molar-refractivity contribution < 1.29 is 9.84 Å². The van der Waals surface area contributed by atoms with E-state index in [0.717, 1.165) is 5.32 Å². The van der Waals surface area contributed by atoms with Crippen LogP contribution in [0.5, 0.6) is 0 Å². The number of aliphatic hydroxyl groups is 1. The van der Waals surface area contributed by atoms with Gasteiger partial charge in [-0.2, -0.15) is 0 Å². The fraction of sp³-hybridized carbons (Fsp3) is 0.444. The van der Waals surface area contributed by atoms with Crippen molar-refractivity contribution in [2.24, 2.45) is 0 Å². The first-order chi connectivity index (χ1) is 8.69. The number of hydrogen-bond acceptors (Lipinski definition) is 6. The Labute approximate surface area is 107 Å². The third-order valence-electron chi connectivity index (χ3n) is 2.64. The molecule has 0 aliphatic carbocycles. The standard InChI is InChI=1S/C9H11N5O3Se/c10-9-12-7-6(8(16)13-9)11-3-14(7)4-2-18-5(1-15)17-4/h3-5,15H,1-2H2,(H3,10,12,13,16)/t4-,5-/m0/s1. The number of fused-ring (bicyclic) bond motifs is 1. The summed E-state index contributed by atoms with van der Waals surface area (Å²) in [5, 5.41) is 9.75. The zero-order chi connectivity index (χ0) is 12.7. The Morgan fingerprint density at radius 1 is 1.72 bits per heavy atom. The second kappa shape index (κ2) is 4.36. The Morgan fingerprint density at radius 3 is 3.28 bits per heavy atom. The summed E-state index contributed by atoms with van der Waals surface area (Å²) in [4.78, 5) is 22.1. The summed E-state index contributed by atoms with van der Waals surface area (Å²) in [6.45, 7) is 0.0132. The van der Waals surface area contributed by atoms with Crippen LogP contribution in [-0.2, 0) is 4.74 Å². The zero-order valence-electron chi connectivity index (χ0n) is 9.24. The molecule has 0 radical (unpaired) electrons. The molecule has 96 valence electrons. The molecule has 3 rings (SSSR count). The molecule has 1 fully saturated rings. The van der Waals surface area contributed by atoms with Gasteiger partial charge >= 0.3 is 107 Å². The Balaban J connectivity index is 2.05. The first-order valence-electron chi connectivity index (χ1n) is 5.29. The van der Waals surface area contributed by atoms with Gasteiger partial charge in [0.05, 0.1) is 0 Å². The quantitative estimate of drug-likeness (QED) is 0.591. The van der Waals surface area contributed by atoms with Crippen LogP contribution in [0, 0.1) is 0 Å². The van der Waals surface area contributed by atoms with Crippen LogP contribution in [0.2, 0.25) is 5.32 Å². The van der Waals surface area contributed by atoms with Crippen molar-refractivity contribution >= 4 is 32.1 Å². The first kappa shape index (κ1) is 11.7. The fourth-order valence-corrected chi connectivity index (χ4v) is 3.79. The van der Waals surface area contributed by atoms with Crippen LogP contribution >= 0.6 is 0 Å². The summed E-state index contributed by atoms with van der Waals surface area (Å²) in [5.74, 6) is 0.0523. The van der Waals surface area contributed by atoms with Crippen LogP contribution in [0.25, 0.3) is 11.2 Å². The van der Waals surface area contributed by atoms with E-state index in [2.05, 4.69) is 15.0 Å². The summed E-state index contributed by atoms with van der Waals surface area (Å²) in [6.07, 6.45) is 1.29. The fourth-order valence-electron chi connectivity index (χ4n) is 1.84. The Hall–Kier alpha value is -1.41. The van der Waals surface area contributed by atoms with Crippen molar-refractivity contribution in [3.05, 3.63) is 16.7 Å². The molecule has 1 aliphatic heterocycles. The average molecular weight is 316 g/mol. The molecular formula is C9H11N5O3Se. The van der Waals surface area contributed by atoms with E-state index in [-0.39, 0.29) is 49.8 Å². The Bertz CT molecular complexity index is 639. The second-order valence-corrected chi connectivity index (χ2v) is 6.31. The second-order valence-electron chi connectivity index (χ2n) is 3.81. The number of nitrogens with zero attached hydrogens (tertiary/aromatic N) is 3. The van der Waals surface area contributed by atoms with Crippen LogP contribution < -0.4 is 11.3 Å².